The highest BCUT2D eigenvalue weighted by Gasteiger charge is 2.13. The molecule has 1 unspecified atom stereocenters. The van der Waals surface area contributed by atoms with Crippen LogP contribution in [0.2, 0.25) is 0 Å². The van der Waals surface area contributed by atoms with E-state index >= 15 is 0 Å². The number of anilines is 2. The fraction of sp³-hybridized carbons (Fsp3) is 0.250. The van der Waals surface area contributed by atoms with Crippen LogP contribution in [0.25, 0.3) is 0 Å². The van der Waals surface area contributed by atoms with Crippen molar-refractivity contribution in [3.63, 3.8) is 0 Å². The monoisotopic (exact) mass is 336 g/mol. The highest BCUT2D eigenvalue weighted by Crippen LogP contribution is 2.29. The number of hydrogen-bond acceptors (Lipinski definition) is 2. The second-order valence-electron chi connectivity index (χ2n) is 4.94. The van der Waals surface area contributed by atoms with E-state index in [1.54, 1.807) is 6.07 Å². The minimum Gasteiger partial charge on any atom is -0.377 e. The summed E-state index contributed by atoms with van der Waals surface area (Å²) >= 11 is 3.28. The lowest BCUT2D eigenvalue weighted by Gasteiger charge is -2.22. The standard InChI is InChI=1S/C16H18BrFN2/c1-11(13-9-8-12(17)10-14(13)18)19-15-6-4-5-7-16(15)20(2)3/h4-11,19H,1-3H3. The minimum absolute atomic E-state index is 0.107. The lowest BCUT2D eigenvalue weighted by molar-refractivity contribution is 0.599. The summed E-state index contributed by atoms with van der Waals surface area (Å²) < 4.78 is 14.7. The molecule has 106 valence electrons. The van der Waals surface area contributed by atoms with E-state index in [-0.39, 0.29) is 11.9 Å². The van der Waals surface area contributed by atoms with Gasteiger partial charge in [0.25, 0.3) is 0 Å². The minimum atomic E-state index is -0.207. The molecule has 0 aliphatic heterocycles. The van der Waals surface area contributed by atoms with E-state index in [2.05, 4.69) is 21.2 Å². The normalized spacial score (nSPS) is 12.1. The van der Waals surface area contributed by atoms with Crippen LogP contribution in [0.5, 0.6) is 0 Å². The SMILES string of the molecule is CC(Nc1ccccc1N(C)C)c1ccc(Br)cc1F. The predicted octanol–water partition coefficient (Wildman–Crippen LogP) is 4.83. The van der Waals surface area contributed by atoms with Gasteiger partial charge in [0.1, 0.15) is 5.82 Å². The molecular weight excluding hydrogens is 319 g/mol. The van der Waals surface area contributed by atoms with E-state index in [1.807, 2.05) is 56.3 Å². The molecule has 0 heterocycles. The Morgan fingerprint density at radius 1 is 1.15 bits per heavy atom. The third kappa shape index (κ3) is 3.31. The van der Waals surface area contributed by atoms with Crippen molar-refractivity contribution in [2.45, 2.75) is 13.0 Å². The first-order valence-electron chi connectivity index (χ1n) is 6.47. The van der Waals surface area contributed by atoms with Gasteiger partial charge in [-0.3, -0.25) is 0 Å². The Morgan fingerprint density at radius 2 is 1.85 bits per heavy atom. The summed E-state index contributed by atoms with van der Waals surface area (Å²) in [5.74, 6) is -0.207. The van der Waals surface area contributed by atoms with Crippen LogP contribution >= 0.6 is 15.9 Å². The summed E-state index contributed by atoms with van der Waals surface area (Å²) in [5, 5.41) is 3.37. The van der Waals surface area contributed by atoms with Crippen molar-refractivity contribution in [3.05, 3.63) is 58.3 Å². The molecule has 2 aromatic rings. The predicted molar refractivity (Wildman–Crippen MR) is 86.9 cm³/mol. The van der Waals surface area contributed by atoms with Gasteiger partial charge in [-0.1, -0.05) is 34.1 Å². The molecule has 0 saturated carbocycles. The van der Waals surface area contributed by atoms with Gasteiger partial charge in [-0.05, 0) is 31.2 Å². The molecule has 0 fully saturated rings. The average molecular weight is 337 g/mol. The molecule has 2 rings (SSSR count). The van der Waals surface area contributed by atoms with E-state index in [4.69, 9.17) is 0 Å². The summed E-state index contributed by atoms with van der Waals surface area (Å²) in [7, 11) is 3.98. The Bertz CT molecular complexity index is 599. The maximum atomic E-state index is 14.0. The Morgan fingerprint density at radius 3 is 2.50 bits per heavy atom. The zero-order valence-electron chi connectivity index (χ0n) is 11.8. The van der Waals surface area contributed by atoms with Crippen molar-refractivity contribution < 1.29 is 4.39 Å². The number of para-hydroxylation sites is 2. The maximum absolute atomic E-state index is 14.0. The van der Waals surface area contributed by atoms with Crippen molar-refractivity contribution in [2.24, 2.45) is 0 Å². The smallest absolute Gasteiger partial charge is 0.129 e. The van der Waals surface area contributed by atoms with Crippen LogP contribution in [0.1, 0.15) is 18.5 Å². The first kappa shape index (κ1) is 14.9. The van der Waals surface area contributed by atoms with E-state index in [9.17, 15) is 4.39 Å². The number of nitrogens with zero attached hydrogens (tertiary/aromatic N) is 1. The molecule has 20 heavy (non-hydrogen) atoms. The molecule has 0 saturated heterocycles. The molecular formula is C16H18BrFN2. The highest BCUT2D eigenvalue weighted by atomic mass is 79.9. The van der Waals surface area contributed by atoms with Crippen molar-refractivity contribution in [1.29, 1.82) is 0 Å². The first-order chi connectivity index (χ1) is 9.49. The van der Waals surface area contributed by atoms with Crippen LogP contribution in [-0.4, -0.2) is 14.1 Å². The van der Waals surface area contributed by atoms with Gasteiger partial charge < -0.3 is 10.2 Å². The number of hydrogen-bond donors (Lipinski definition) is 1. The number of nitrogens with one attached hydrogen (secondary N) is 1. The molecule has 2 nitrogen and oxygen atoms in total. The molecule has 0 aromatic heterocycles. The fourth-order valence-electron chi connectivity index (χ4n) is 2.15. The number of rotatable bonds is 4. The van der Waals surface area contributed by atoms with E-state index in [0.717, 1.165) is 15.8 Å². The van der Waals surface area contributed by atoms with Gasteiger partial charge in [0.2, 0.25) is 0 Å². The van der Waals surface area contributed by atoms with E-state index in [0.29, 0.717) is 5.56 Å². The zero-order chi connectivity index (χ0) is 14.7. The van der Waals surface area contributed by atoms with Crippen molar-refractivity contribution >= 4 is 27.3 Å². The Balaban J connectivity index is 2.26. The summed E-state index contributed by atoms with van der Waals surface area (Å²) in [6.07, 6.45) is 0. The summed E-state index contributed by atoms with van der Waals surface area (Å²) in [6, 6.07) is 13.0. The van der Waals surface area contributed by atoms with Gasteiger partial charge >= 0.3 is 0 Å². The van der Waals surface area contributed by atoms with Crippen molar-refractivity contribution in [3.8, 4) is 0 Å². The van der Waals surface area contributed by atoms with E-state index in [1.165, 1.54) is 6.07 Å². The number of benzene rings is 2. The summed E-state index contributed by atoms with van der Waals surface area (Å²) in [6.45, 7) is 1.96. The summed E-state index contributed by atoms with van der Waals surface area (Å²) in [4.78, 5) is 2.03. The van der Waals surface area contributed by atoms with Gasteiger partial charge in [0, 0.05) is 24.1 Å². The van der Waals surface area contributed by atoms with E-state index < -0.39 is 0 Å². The molecule has 1 N–H and O–H groups in total. The van der Waals surface area contributed by atoms with Crippen LogP contribution in [0.15, 0.2) is 46.9 Å². The lowest BCUT2D eigenvalue weighted by Crippen LogP contribution is -2.14. The molecule has 0 spiro atoms. The van der Waals surface area contributed by atoms with Gasteiger partial charge in [-0.25, -0.2) is 4.39 Å². The molecule has 0 aliphatic rings. The second kappa shape index (κ2) is 6.27. The fourth-order valence-corrected chi connectivity index (χ4v) is 2.48. The molecule has 4 heteroatoms. The van der Waals surface area contributed by atoms with Crippen LogP contribution in [-0.2, 0) is 0 Å². The topological polar surface area (TPSA) is 15.3 Å². The molecule has 0 bridgehead atoms. The van der Waals surface area contributed by atoms with Gasteiger partial charge in [0.05, 0.1) is 17.4 Å². The largest absolute Gasteiger partial charge is 0.377 e. The Kier molecular flexibility index (Phi) is 4.65. The maximum Gasteiger partial charge on any atom is 0.129 e. The third-order valence-corrected chi connectivity index (χ3v) is 3.68. The highest BCUT2D eigenvalue weighted by molar-refractivity contribution is 9.10. The van der Waals surface area contributed by atoms with Crippen LogP contribution in [0.3, 0.4) is 0 Å². The average Bonchev–Trinajstić information content (AvgIpc) is 2.38. The van der Waals surface area contributed by atoms with Crippen molar-refractivity contribution in [2.75, 3.05) is 24.3 Å². The molecule has 1 atom stereocenters. The molecule has 0 amide bonds. The molecule has 2 aromatic carbocycles. The van der Waals surface area contributed by atoms with Gasteiger partial charge in [-0.15, -0.1) is 0 Å². The Labute approximate surface area is 127 Å². The van der Waals surface area contributed by atoms with Crippen molar-refractivity contribution in [1.82, 2.24) is 0 Å². The molecule has 0 aliphatic carbocycles. The second-order valence-corrected chi connectivity index (χ2v) is 5.86. The van der Waals surface area contributed by atoms with Gasteiger partial charge in [-0.2, -0.15) is 0 Å². The van der Waals surface area contributed by atoms with Crippen LogP contribution in [0, 0.1) is 5.82 Å². The molecule has 0 radical (unpaired) electrons. The van der Waals surface area contributed by atoms with Crippen LogP contribution in [0.4, 0.5) is 15.8 Å². The number of halogens is 2. The van der Waals surface area contributed by atoms with Crippen LogP contribution < -0.4 is 10.2 Å². The first-order valence-corrected chi connectivity index (χ1v) is 7.26. The summed E-state index contributed by atoms with van der Waals surface area (Å²) in [5.41, 5.74) is 2.73. The van der Waals surface area contributed by atoms with Gasteiger partial charge in [0.15, 0.2) is 0 Å². The quantitative estimate of drug-likeness (QED) is 0.860. The third-order valence-electron chi connectivity index (χ3n) is 3.19. The Hall–Kier alpha value is -1.55. The zero-order valence-corrected chi connectivity index (χ0v) is 13.4. The lowest BCUT2D eigenvalue weighted by atomic mass is 10.1.